The van der Waals surface area contributed by atoms with Crippen LogP contribution in [0.15, 0.2) is 53.8 Å². The Morgan fingerprint density at radius 1 is 1.19 bits per heavy atom. The quantitative estimate of drug-likeness (QED) is 0.767. The van der Waals surface area contributed by atoms with Gasteiger partial charge in [-0.2, -0.15) is 0 Å². The Kier molecular flexibility index (Phi) is 3.84. The molecule has 2 rings (SSSR count). The smallest absolute Gasteiger partial charge is 0.248 e. The van der Waals surface area contributed by atoms with Gasteiger partial charge in [-0.1, -0.05) is 37.3 Å². The third kappa shape index (κ3) is 2.97. The van der Waals surface area contributed by atoms with Crippen LogP contribution in [0.3, 0.4) is 0 Å². The summed E-state index contributed by atoms with van der Waals surface area (Å²) in [6.45, 7) is 3.61. The summed E-state index contributed by atoms with van der Waals surface area (Å²) >= 11 is 0. The maximum absolute atomic E-state index is 11.7. The number of hydrogen-bond acceptors (Lipinski definition) is 3. The van der Waals surface area contributed by atoms with Crippen molar-refractivity contribution < 1.29 is 9.59 Å². The summed E-state index contributed by atoms with van der Waals surface area (Å²) in [6.07, 6.45) is 3.14. The molecule has 1 aromatic rings. The molecule has 1 aliphatic rings. The average molecular weight is 285 g/mol. The van der Waals surface area contributed by atoms with Gasteiger partial charge in [-0.3, -0.25) is 9.59 Å². The molecule has 0 saturated heterocycles. The number of primary amides is 2. The third-order valence-electron chi connectivity index (χ3n) is 3.72. The number of hydrogen-bond donors (Lipinski definition) is 3. The molecule has 2 atom stereocenters. The van der Waals surface area contributed by atoms with Gasteiger partial charge < -0.3 is 16.8 Å². The fraction of sp³-hybridized carbons (Fsp3) is 0.250. The van der Waals surface area contributed by atoms with Crippen LogP contribution in [0, 0.1) is 0 Å². The van der Waals surface area contributed by atoms with E-state index < -0.39 is 17.4 Å². The van der Waals surface area contributed by atoms with E-state index >= 15 is 0 Å². The molecule has 2 amide bonds. The van der Waals surface area contributed by atoms with Crippen LogP contribution in [0.4, 0.5) is 0 Å². The van der Waals surface area contributed by atoms with Gasteiger partial charge in [0.1, 0.15) is 5.54 Å². The summed E-state index contributed by atoms with van der Waals surface area (Å²) in [5.41, 5.74) is 11.8. The highest BCUT2D eigenvalue weighted by atomic mass is 16.2. The number of nitrogens with one attached hydrogen (secondary N) is 1. The van der Waals surface area contributed by atoms with E-state index in [1.807, 2.05) is 37.3 Å². The second kappa shape index (κ2) is 5.44. The number of carbonyl (C=O) groups excluding carboxylic acids is 2. The van der Waals surface area contributed by atoms with E-state index in [4.69, 9.17) is 11.5 Å². The number of dihydropyridines is 1. The molecule has 21 heavy (non-hydrogen) atoms. The third-order valence-corrected chi connectivity index (χ3v) is 3.72. The summed E-state index contributed by atoms with van der Waals surface area (Å²) in [7, 11) is 0. The van der Waals surface area contributed by atoms with Crippen molar-refractivity contribution in [1.82, 2.24) is 5.32 Å². The van der Waals surface area contributed by atoms with Crippen LogP contribution in [-0.2, 0) is 9.59 Å². The first-order valence-corrected chi connectivity index (χ1v) is 6.71. The highest BCUT2D eigenvalue weighted by Gasteiger charge is 2.34. The van der Waals surface area contributed by atoms with E-state index in [-0.39, 0.29) is 11.5 Å². The van der Waals surface area contributed by atoms with Crippen molar-refractivity contribution in [3.8, 4) is 0 Å². The zero-order valence-electron chi connectivity index (χ0n) is 12.1. The lowest BCUT2D eigenvalue weighted by atomic mass is 9.87. The molecule has 5 nitrogen and oxygen atoms in total. The average Bonchev–Trinajstić information content (AvgIpc) is 2.46. The minimum absolute atomic E-state index is 0.0204. The standard InChI is InChI=1S/C16H19N3O2/c1-10(11-6-4-3-5-7-11)13-8-12(14(17)20)9-16(2,19-13)15(18)21/h3-10,19H,1-2H3,(H2,17,20)(H2,18,21). The molecule has 110 valence electrons. The van der Waals surface area contributed by atoms with Crippen LogP contribution in [0.25, 0.3) is 0 Å². The first kappa shape index (κ1) is 14.8. The van der Waals surface area contributed by atoms with Gasteiger partial charge in [0, 0.05) is 17.2 Å². The van der Waals surface area contributed by atoms with Gasteiger partial charge in [0.2, 0.25) is 11.8 Å². The lowest BCUT2D eigenvalue weighted by molar-refractivity contribution is -0.121. The largest absolute Gasteiger partial charge is 0.371 e. The highest BCUT2D eigenvalue weighted by Crippen LogP contribution is 2.28. The zero-order chi connectivity index (χ0) is 15.6. The molecule has 0 spiro atoms. The summed E-state index contributed by atoms with van der Waals surface area (Å²) < 4.78 is 0. The van der Waals surface area contributed by atoms with Crippen LogP contribution < -0.4 is 16.8 Å². The van der Waals surface area contributed by atoms with Crippen LogP contribution in [0.1, 0.15) is 25.3 Å². The minimum Gasteiger partial charge on any atom is -0.371 e. The van der Waals surface area contributed by atoms with E-state index in [1.54, 1.807) is 13.0 Å². The van der Waals surface area contributed by atoms with Crippen LogP contribution >= 0.6 is 0 Å². The van der Waals surface area contributed by atoms with Crippen LogP contribution in [0.5, 0.6) is 0 Å². The van der Waals surface area contributed by atoms with Crippen molar-refractivity contribution in [2.45, 2.75) is 25.3 Å². The van der Waals surface area contributed by atoms with Gasteiger partial charge in [0.25, 0.3) is 0 Å². The maximum atomic E-state index is 11.7. The number of allylic oxidation sites excluding steroid dienone is 1. The van der Waals surface area contributed by atoms with Gasteiger partial charge in [-0.15, -0.1) is 0 Å². The Morgan fingerprint density at radius 3 is 2.33 bits per heavy atom. The highest BCUT2D eigenvalue weighted by molar-refractivity contribution is 5.98. The Bertz CT molecular complexity index is 634. The summed E-state index contributed by atoms with van der Waals surface area (Å²) in [6, 6.07) is 9.77. The monoisotopic (exact) mass is 285 g/mol. The second-order valence-corrected chi connectivity index (χ2v) is 5.39. The Morgan fingerprint density at radius 2 is 1.81 bits per heavy atom. The fourth-order valence-corrected chi connectivity index (χ4v) is 2.32. The van der Waals surface area contributed by atoms with Gasteiger partial charge in [-0.05, 0) is 24.6 Å². The van der Waals surface area contributed by atoms with Crippen LogP contribution in [-0.4, -0.2) is 17.4 Å². The van der Waals surface area contributed by atoms with Crippen molar-refractivity contribution in [2.75, 3.05) is 0 Å². The lowest BCUT2D eigenvalue weighted by Gasteiger charge is -2.33. The van der Waals surface area contributed by atoms with Crippen molar-refractivity contribution >= 4 is 11.8 Å². The van der Waals surface area contributed by atoms with Gasteiger partial charge in [0.05, 0.1) is 0 Å². The molecule has 0 radical (unpaired) electrons. The van der Waals surface area contributed by atoms with Gasteiger partial charge >= 0.3 is 0 Å². The lowest BCUT2D eigenvalue weighted by Crippen LogP contribution is -2.53. The molecule has 0 bridgehead atoms. The zero-order valence-corrected chi connectivity index (χ0v) is 12.1. The van der Waals surface area contributed by atoms with Crippen LogP contribution in [0.2, 0.25) is 0 Å². The second-order valence-electron chi connectivity index (χ2n) is 5.39. The number of amides is 2. The molecular formula is C16H19N3O2. The van der Waals surface area contributed by atoms with Gasteiger partial charge in [-0.25, -0.2) is 0 Å². The Balaban J connectivity index is 2.42. The number of rotatable bonds is 4. The molecular weight excluding hydrogens is 266 g/mol. The molecule has 0 aromatic heterocycles. The molecule has 1 aromatic carbocycles. The molecule has 5 heteroatoms. The molecule has 0 fully saturated rings. The molecule has 0 aliphatic carbocycles. The topological polar surface area (TPSA) is 98.2 Å². The predicted molar refractivity (Wildman–Crippen MR) is 81.0 cm³/mol. The van der Waals surface area contributed by atoms with E-state index in [2.05, 4.69) is 5.32 Å². The van der Waals surface area contributed by atoms with E-state index in [0.29, 0.717) is 0 Å². The van der Waals surface area contributed by atoms with Crippen molar-refractivity contribution in [3.05, 3.63) is 59.3 Å². The molecule has 5 N–H and O–H groups in total. The van der Waals surface area contributed by atoms with E-state index in [9.17, 15) is 9.59 Å². The molecule has 0 saturated carbocycles. The number of benzene rings is 1. The minimum atomic E-state index is -1.13. The maximum Gasteiger partial charge on any atom is 0.248 e. The summed E-state index contributed by atoms with van der Waals surface area (Å²) in [5, 5.41) is 3.11. The van der Waals surface area contributed by atoms with Crippen molar-refractivity contribution in [2.24, 2.45) is 11.5 Å². The summed E-state index contributed by atoms with van der Waals surface area (Å²) in [5.74, 6) is -1.17. The normalized spacial score (nSPS) is 22.6. The summed E-state index contributed by atoms with van der Waals surface area (Å²) in [4.78, 5) is 23.2. The number of nitrogens with two attached hydrogens (primary N) is 2. The molecule has 2 unspecified atom stereocenters. The van der Waals surface area contributed by atoms with Gasteiger partial charge in [0.15, 0.2) is 0 Å². The van der Waals surface area contributed by atoms with Crippen molar-refractivity contribution in [3.63, 3.8) is 0 Å². The molecule has 1 aliphatic heterocycles. The van der Waals surface area contributed by atoms with Crippen molar-refractivity contribution in [1.29, 1.82) is 0 Å². The SMILES string of the molecule is CC(C1=CC(C(N)=O)=CC(C)(C(N)=O)N1)c1ccccc1. The number of carbonyl (C=O) groups is 2. The van der Waals surface area contributed by atoms with E-state index in [1.165, 1.54) is 6.08 Å². The first-order chi connectivity index (χ1) is 9.83. The molecule has 1 heterocycles. The first-order valence-electron chi connectivity index (χ1n) is 6.71. The van der Waals surface area contributed by atoms with E-state index in [0.717, 1.165) is 11.3 Å². The fourth-order valence-electron chi connectivity index (χ4n) is 2.32. The Hall–Kier alpha value is -2.56. The Labute approximate surface area is 123 Å². The predicted octanol–water partition coefficient (Wildman–Crippen LogP) is 0.933.